The highest BCUT2D eigenvalue weighted by Crippen LogP contribution is 2.40. The van der Waals surface area contributed by atoms with Crippen molar-refractivity contribution in [3.8, 4) is 11.5 Å². The van der Waals surface area contributed by atoms with Crippen molar-refractivity contribution in [3.05, 3.63) is 137 Å². The lowest BCUT2D eigenvalue weighted by Gasteiger charge is -2.27. The first-order chi connectivity index (χ1) is 21.8. The van der Waals surface area contributed by atoms with Gasteiger partial charge in [-0.3, -0.25) is 9.36 Å². The number of aromatic nitrogens is 1. The predicted molar refractivity (Wildman–Crippen MR) is 176 cm³/mol. The molecular formula is C35H28BrFN2O5S. The second-order valence-corrected chi connectivity index (χ2v) is 12.2. The first-order valence-electron chi connectivity index (χ1n) is 14.2. The number of thiazole rings is 1. The molecule has 10 heteroatoms. The van der Waals surface area contributed by atoms with Crippen LogP contribution in [0.1, 0.15) is 36.6 Å². The monoisotopic (exact) mass is 686 g/mol. The summed E-state index contributed by atoms with van der Waals surface area (Å²) in [7, 11) is 1.57. The van der Waals surface area contributed by atoms with Crippen LogP contribution in [0.5, 0.6) is 11.5 Å². The van der Waals surface area contributed by atoms with Gasteiger partial charge >= 0.3 is 5.97 Å². The fraction of sp³-hybridized carbons (Fsp3) is 0.171. The molecule has 1 aromatic heterocycles. The molecule has 0 saturated carbocycles. The molecular weight excluding hydrogens is 659 g/mol. The summed E-state index contributed by atoms with van der Waals surface area (Å²) in [6.07, 6.45) is 1.79. The number of halogens is 2. The summed E-state index contributed by atoms with van der Waals surface area (Å²) in [5, 5.41) is 1.80. The van der Waals surface area contributed by atoms with Crippen LogP contribution in [0.25, 0.3) is 16.8 Å². The Bertz CT molecular complexity index is 2150. The normalized spacial score (nSPS) is 14.7. The van der Waals surface area contributed by atoms with Crippen molar-refractivity contribution in [2.24, 2.45) is 4.99 Å². The largest absolute Gasteiger partial charge is 0.496 e. The van der Waals surface area contributed by atoms with Crippen molar-refractivity contribution in [2.45, 2.75) is 26.5 Å². The summed E-state index contributed by atoms with van der Waals surface area (Å²) < 4.78 is 33.2. The second kappa shape index (κ2) is 12.8. The van der Waals surface area contributed by atoms with Crippen LogP contribution in [0, 0.1) is 5.82 Å². The van der Waals surface area contributed by atoms with E-state index in [2.05, 4.69) is 15.9 Å². The van der Waals surface area contributed by atoms with E-state index in [4.69, 9.17) is 19.2 Å². The quantitative estimate of drug-likeness (QED) is 0.176. The SMILES string of the molecule is CCOC(=O)C1=C(C)N=c2s/c(=C\c3ccc(OCc4ccc(F)cc4)c(Br)c3)c(=O)n2[C@H]1c1c(OC)ccc2ccccc12. The maximum Gasteiger partial charge on any atom is 0.338 e. The molecule has 0 saturated heterocycles. The molecule has 0 radical (unpaired) electrons. The lowest BCUT2D eigenvalue weighted by atomic mass is 9.90. The van der Waals surface area contributed by atoms with E-state index < -0.39 is 12.0 Å². The summed E-state index contributed by atoms with van der Waals surface area (Å²) >= 11 is 4.82. The van der Waals surface area contributed by atoms with Gasteiger partial charge in [0.25, 0.3) is 5.56 Å². The molecule has 6 rings (SSSR count). The fourth-order valence-corrected chi connectivity index (χ4v) is 6.97. The van der Waals surface area contributed by atoms with Crippen LogP contribution in [0.4, 0.5) is 4.39 Å². The summed E-state index contributed by atoms with van der Waals surface area (Å²) in [5.74, 6) is 0.318. The van der Waals surface area contributed by atoms with Gasteiger partial charge in [-0.15, -0.1) is 0 Å². The molecule has 2 heterocycles. The van der Waals surface area contributed by atoms with E-state index in [1.165, 1.54) is 23.5 Å². The minimum Gasteiger partial charge on any atom is -0.496 e. The Balaban J connectivity index is 1.45. The maximum atomic E-state index is 14.2. The summed E-state index contributed by atoms with van der Waals surface area (Å²) in [6.45, 7) is 3.96. The molecule has 0 fully saturated rings. The number of rotatable bonds is 8. The number of methoxy groups -OCH3 is 1. The maximum absolute atomic E-state index is 14.2. The highest BCUT2D eigenvalue weighted by Gasteiger charge is 2.36. The smallest absolute Gasteiger partial charge is 0.338 e. The third-order valence-corrected chi connectivity index (χ3v) is 9.11. The number of carbonyl (C=O) groups excluding carboxylic acids is 1. The highest BCUT2D eigenvalue weighted by molar-refractivity contribution is 9.10. The van der Waals surface area contributed by atoms with E-state index in [9.17, 15) is 14.0 Å². The Hall–Kier alpha value is -4.54. The Kier molecular flexibility index (Phi) is 8.69. The molecule has 1 atom stereocenters. The number of fused-ring (bicyclic) bond motifs is 2. The average molecular weight is 688 g/mol. The van der Waals surface area contributed by atoms with Crippen molar-refractivity contribution >= 4 is 50.1 Å². The highest BCUT2D eigenvalue weighted by atomic mass is 79.9. The van der Waals surface area contributed by atoms with Crippen molar-refractivity contribution in [2.75, 3.05) is 13.7 Å². The number of hydrogen-bond donors (Lipinski definition) is 0. The Morgan fingerprint density at radius 2 is 1.82 bits per heavy atom. The molecule has 0 unspecified atom stereocenters. The first kappa shape index (κ1) is 30.5. The van der Waals surface area contributed by atoms with Crippen LogP contribution in [-0.2, 0) is 16.1 Å². The molecule has 0 aliphatic carbocycles. The summed E-state index contributed by atoms with van der Waals surface area (Å²) in [4.78, 5) is 32.8. The molecule has 7 nitrogen and oxygen atoms in total. The number of hydrogen-bond acceptors (Lipinski definition) is 7. The van der Waals surface area contributed by atoms with Gasteiger partial charge in [-0.05, 0) is 88.1 Å². The van der Waals surface area contributed by atoms with Crippen LogP contribution < -0.4 is 24.4 Å². The molecule has 0 amide bonds. The molecule has 228 valence electrons. The number of ether oxygens (including phenoxy) is 3. The number of esters is 1. The van der Waals surface area contributed by atoms with Gasteiger partial charge in [-0.2, -0.15) is 0 Å². The Labute approximate surface area is 270 Å². The molecule has 0 spiro atoms. The lowest BCUT2D eigenvalue weighted by Crippen LogP contribution is -2.40. The summed E-state index contributed by atoms with van der Waals surface area (Å²) in [6, 6.07) is 22.4. The minimum atomic E-state index is -0.822. The van der Waals surface area contributed by atoms with Gasteiger partial charge in [0.15, 0.2) is 4.80 Å². The molecule has 0 bridgehead atoms. The van der Waals surface area contributed by atoms with Gasteiger partial charge in [-0.1, -0.05) is 59.9 Å². The second-order valence-electron chi connectivity index (χ2n) is 10.3. The van der Waals surface area contributed by atoms with E-state index in [0.29, 0.717) is 36.6 Å². The lowest BCUT2D eigenvalue weighted by molar-refractivity contribution is -0.139. The van der Waals surface area contributed by atoms with E-state index in [0.717, 1.165) is 21.9 Å². The third-order valence-electron chi connectivity index (χ3n) is 7.50. The van der Waals surface area contributed by atoms with Gasteiger partial charge in [-0.25, -0.2) is 14.2 Å². The van der Waals surface area contributed by atoms with Crippen LogP contribution in [0.3, 0.4) is 0 Å². The zero-order valence-corrected chi connectivity index (χ0v) is 27.1. The van der Waals surface area contributed by atoms with Crippen LogP contribution in [-0.4, -0.2) is 24.3 Å². The zero-order valence-electron chi connectivity index (χ0n) is 24.7. The van der Waals surface area contributed by atoms with E-state index in [1.54, 1.807) is 43.7 Å². The van der Waals surface area contributed by atoms with Crippen molar-refractivity contribution < 1.29 is 23.4 Å². The number of allylic oxidation sites excluding steroid dienone is 1. The van der Waals surface area contributed by atoms with Gasteiger partial charge < -0.3 is 14.2 Å². The van der Waals surface area contributed by atoms with Gasteiger partial charge in [0, 0.05) is 5.56 Å². The minimum absolute atomic E-state index is 0.178. The molecule has 5 aromatic rings. The summed E-state index contributed by atoms with van der Waals surface area (Å²) in [5.41, 5.74) is 2.76. The van der Waals surface area contributed by atoms with Crippen molar-refractivity contribution in [3.63, 3.8) is 0 Å². The standard InChI is InChI=1S/C35H28BrFN2O5S/c1-4-43-34(41)30-20(2)38-35-39(32(30)31-25-8-6-5-7-23(25)12-16-28(31)42-3)33(40)29(45-35)18-22-11-15-27(26(36)17-22)44-19-21-9-13-24(37)14-10-21/h5-18,32H,4,19H2,1-3H3/b29-18-/t32-/m1/s1. The first-order valence-corrected chi connectivity index (χ1v) is 15.8. The average Bonchev–Trinajstić information content (AvgIpc) is 3.34. The van der Waals surface area contributed by atoms with Gasteiger partial charge in [0.1, 0.15) is 30.0 Å². The van der Waals surface area contributed by atoms with E-state index >= 15 is 0 Å². The van der Waals surface area contributed by atoms with Gasteiger partial charge in [0.2, 0.25) is 0 Å². The molecule has 4 aromatic carbocycles. The van der Waals surface area contributed by atoms with Crippen LogP contribution in [0.2, 0.25) is 0 Å². The molecule has 1 aliphatic rings. The van der Waals surface area contributed by atoms with Crippen LogP contribution >= 0.6 is 27.3 Å². The fourth-order valence-electron chi connectivity index (χ4n) is 5.42. The molecule has 45 heavy (non-hydrogen) atoms. The number of carbonyl (C=O) groups is 1. The Morgan fingerprint density at radius 3 is 2.56 bits per heavy atom. The molecule has 0 N–H and O–H groups in total. The Morgan fingerprint density at radius 1 is 1.07 bits per heavy atom. The topological polar surface area (TPSA) is 79.1 Å². The van der Waals surface area contributed by atoms with Gasteiger partial charge in [0.05, 0.1) is 34.0 Å². The van der Waals surface area contributed by atoms with Crippen molar-refractivity contribution in [1.82, 2.24) is 4.57 Å². The molecule has 1 aliphatic heterocycles. The zero-order chi connectivity index (χ0) is 31.7. The van der Waals surface area contributed by atoms with Crippen molar-refractivity contribution in [1.29, 1.82) is 0 Å². The van der Waals surface area contributed by atoms with E-state index in [1.807, 2.05) is 54.6 Å². The number of benzene rings is 4. The number of nitrogens with zero attached hydrogens (tertiary/aromatic N) is 2. The predicted octanol–water partition coefficient (Wildman–Crippen LogP) is 6.44. The third kappa shape index (κ3) is 5.95. The van der Waals surface area contributed by atoms with E-state index in [-0.39, 0.29) is 30.2 Å². The van der Waals surface area contributed by atoms with Crippen LogP contribution in [0.15, 0.2) is 104 Å².